The van der Waals surface area contributed by atoms with Crippen molar-refractivity contribution in [2.24, 2.45) is 5.92 Å². The monoisotopic (exact) mass is 320 g/mol. The van der Waals surface area contributed by atoms with E-state index in [4.69, 9.17) is 9.26 Å². The molecule has 0 fully saturated rings. The Morgan fingerprint density at radius 1 is 1.26 bits per heavy atom. The van der Waals surface area contributed by atoms with Gasteiger partial charge in [-0.05, 0) is 23.8 Å². The van der Waals surface area contributed by atoms with Crippen LogP contribution in [0.25, 0.3) is 0 Å². The molecule has 1 aliphatic rings. The first-order valence-electron chi connectivity index (χ1n) is 7.07. The van der Waals surface area contributed by atoms with Crippen LogP contribution in [-0.2, 0) is 11.2 Å². The fraction of sp³-hybridized carbons (Fsp3) is 0.250. The van der Waals surface area contributed by atoms with E-state index in [1.807, 2.05) is 6.08 Å². The molecule has 0 spiro atoms. The molecule has 1 amide bonds. The summed E-state index contributed by atoms with van der Waals surface area (Å²) >= 11 is 0. The summed E-state index contributed by atoms with van der Waals surface area (Å²) in [6.45, 7) is 0.974. The number of nitrogens with zero attached hydrogens (tertiary/aromatic N) is 1. The van der Waals surface area contributed by atoms with Gasteiger partial charge in [0.25, 0.3) is 5.91 Å². The predicted molar refractivity (Wildman–Crippen MR) is 76.6 cm³/mol. The van der Waals surface area contributed by atoms with E-state index in [2.05, 4.69) is 10.5 Å². The van der Waals surface area contributed by atoms with Crippen LogP contribution in [-0.4, -0.2) is 24.2 Å². The number of ether oxygens (including phenoxy) is 1. The molecule has 1 aromatic carbocycles. The number of benzene rings is 1. The molecule has 2 aromatic rings. The number of halogens is 2. The first-order chi connectivity index (χ1) is 11.1. The van der Waals surface area contributed by atoms with Crippen molar-refractivity contribution in [1.29, 1.82) is 0 Å². The zero-order chi connectivity index (χ0) is 16.2. The second kappa shape index (κ2) is 6.60. The van der Waals surface area contributed by atoms with E-state index in [1.54, 1.807) is 6.26 Å². The van der Waals surface area contributed by atoms with E-state index in [0.717, 1.165) is 6.07 Å². The van der Waals surface area contributed by atoms with Gasteiger partial charge in [-0.3, -0.25) is 4.79 Å². The highest BCUT2D eigenvalue weighted by molar-refractivity contribution is 5.92. The summed E-state index contributed by atoms with van der Waals surface area (Å²) in [5.74, 6) is -1.20. The zero-order valence-electron chi connectivity index (χ0n) is 12.1. The van der Waals surface area contributed by atoms with Crippen molar-refractivity contribution in [2.75, 3.05) is 13.2 Å². The van der Waals surface area contributed by atoms with Crippen molar-refractivity contribution in [3.8, 4) is 0 Å². The number of carbonyl (C=O) groups excluding carboxylic acids is 1. The lowest BCUT2D eigenvalue weighted by molar-refractivity contribution is 0.0937. The minimum absolute atomic E-state index is 0.125. The maximum atomic E-state index is 13.1. The topological polar surface area (TPSA) is 64.4 Å². The van der Waals surface area contributed by atoms with Crippen LogP contribution in [0.3, 0.4) is 0 Å². The van der Waals surface area contributed by atoms with Crippen molar-refractivity contribution < 1.29 is 22.8 Å². The summed E-state index contributed by atoms with van der Waals surface area (Å²) in [6.07, 6.45) is 3.62. The normalized spacial score (nSPS) is 16.3. The number of hydrogen-bond donors (Lipinski definition) is 1. The second-order valence-electron chi connectivity index (χ2n) is 5.26. The van der Waals surface area contributed by atoms with Gasteiger partial charge in [0, 0.05) is 31.0 Å². The Morgan fingerprint density at radius 2 is 2.04 bits per heavy atom. The van der Waals surface area contributed by atoms with Gasteiger partial charge < -0.3 is 14.6 Å². The van der Waals surface area contributed by atoms with Gasteiger partial charge in [0.15, 0.2) is 5.69 Å². The Kier molecular flexibility index (Phi) is 4.36. The molecule has 0 aliphatic carbocycles. The summed E-state index contributed by atoms with van der Waals surface area (Å²) in [7, 11) is 0. The Bertz CT molecular complexity index is 722. The molecule has 3 rings (SSSR count). The molecular formula is C16H14F2N2O3. The molecule has 1 atom stereocenters. The number of rotatable bonds is 5. The maximum Gasteiger partial charge on any atom is 0.273 e. The largest absolute Gasteiger partial charge is 0.501 e. The highest BCUT2D eigenvalue weighted by Crippen LogP contribution is 2.14. The van der Waals surface area contributed by atoms with Gasteiger partial charge in [0.1, 0.15) is 17.4 Å². The Morgan fingerprint density at radius 3 is 2.74 bits per heavy atom. The van der Waals surface area contributed by atoms with Crippen molar-refractivity contribution in [3.63, 3.8) is 0 Å². The maximum absolute atomic E-state index is 13.1. The lowest BCUT2D eigenvalue weighted by Gasteiger charge is -2.06. The molecule has 0 saturated carbocycles. The Hall–Kier alpha value is -2.70. The fourth-order valence-electron chi connectivity index (χ4n) is 2.26. The summed E-state index contributed by atoms with van der Waals surface area (Å²) in [6, 6.07) is 4.67. The molecule has 0 saturated heterocycles. The number of carbonyl (C=O) groups is 1. The van der Waals surface area contributed by atoms with Crippen LogP contribution in [0.5, 0.6) is 0 Å². The minimum Gasteiger partial charge on any atom is -0.501 e. The van der Waals surface area contributed by atoms with Gasteiger partial charge >= 0.3 is 0 Å². The molecule has 7 heteroatoms. The van der Waals surface area contributed by atoms with Gasteiger partial charge in [-0.15, -0.1) is 0 Å². The molecule has 1 aliphatic heterocycles. The summed E-state index contributed by atoms with van der Waals surface area (Å²) in [5.41, 5.74) is 0.526. The Labute approximate surface area is 130 Å². The highest BCUT2D eigenvalue weighted by atomic mass is 19.1. The van der Waals surface area contributed by atoms with E-state index in [9.17, 15) is 13.6 Å². The smallest absolute Gasteiger partial charge is 0.273 e. The average molecular weight is 320 g/mol. The first kappa shape index (κ1) is 15.2. The zero-order valence-corrected chi connectivity index (χ0v) is 12.1. The molecule has 0 radical (unpaired) electrons. The van der Waals surface area contributed by atoms with Crippen molar-refractivity contribution in [3.05, 3.63) is 65.3 Å². The van der Waals surface area contributed by atoms with Crippen LogP contribution in [0, 0.1) is 17.6 Å². The highest BCUT2D eigenvalue weighted by Gasteiger charge is 2.16. The van der Waals surface area contributed by atoms with Crippen molar-refractivity contribution in [1.82, 2.24) is 10.5 Å². The second-order valence-corrected chi connectivity index (χ2v) is 5.26. The van der Waals surface area contributed by atoms with Crippen LogP contribution in [0.15, 0.2) is 41.1 Å². The average Bonchev–Trinajstić information content (AvgIpc) is 3.15. The van der Waals surface area contributed by atoms with E-state index in [0.29, 0.717) is 24.5 Å². The minimum atomic E-state index is -0.663. The van der Waals surface area contributed by atoms with Gasteiger partial charge in [-0.25, -0.2) is 8.78 Å². The molecule has 23 heavy (non-hydrogen) atoms. The molecule has 1 N–H and O–H groups in total. The SMILES string of the molecule is O=C(NCC1C=COC1)c1cc(Cc2cc(F)cc(F)c2)on1. The summed E-state index contributed by atoms with van der Waals surface area (Å²) in [4.78, 5) is 12.0. The van der Waals surface area contributed by atoms with Crippen LogP contribution in [0.1, 0.15) is 21.8 Å². The van der Waals surface area contributed by atoms with Gasteiger partial charge in [-0.1, -0.05) is 5.16 Å². The molecule has 2 heterocycles. The molecule has 0 bridgehead atoms. The predicted octanol–water partition coefficient (Wildman–Crippen LogP) is 2.43. The standard InChI is InChI=1S/C16H14F2N2O3/c17-12-3-11(4-13(18)6-12)5-14-7-15(20-23-14)16(21)19-8-10-1-2-22-9-10/h1-4,6-7,10H,5,8-9H2,(H,19,21). The summed E-state index contributed by atoms with van der Waals surface area (Å²) in [5, 5.41) is 6.40. The molecular weight excluding hydrogens is 306 g/mol. The first-order valence-corrected chi connectivity index (χ1v) is 7.07. The van der Waals surface area contributed by atoms with Crippen molar-refractivity contribution in [2.45, 2.75) is 6.42 Å². The number of amides is 1. The van der Waals surface area contributed by atoms with Gasteiger partial charge in [0.2, 0.25) is 0 Å². The Balaban J connectivity index is 1.60. The lowest BCUT2D eigenvalue weighted by atomic mass is 10.1. The lowest BCUT2D eigenvalue weighted by Crippen LogP contribution is -2.29. The van der Waals surface area contributed by atoms with Gasteiger partial charge in [-0.2, -0.15) is 0 Å². The van der Waals surface area contributed by atoms with Crippen LogP contribution in [0.4, 0.5) is 8.78 Å². The molecule has 1 aromatic heterocycles. The third-order valence-electron chi connectivity index (χ3n) is 3.37. The summed E-state index contributed by atoms with van der Waals surface area (Å²) < 4.78 is 36.4. The number of hydrogen-bond acceptors (Lipinski definition) is 4. The molecule has 5 nitrogen and oxygen atoms in total. The molecule has 120 valence electrons. The third-order valence-corrected chi connectivity index (χ3v) is 3.37. The van der Waals surface area contributed by atoms with E-state index >= 15 is 0 Å². The van der Waals surface area contributed by atoms with E-state index in [-0.39, 0.29) is 23.9 Å². The number of nitrogens with one attached hydrogen (secondary N) is 1. The quantitative estimate of drug-likeness (QED) is 0.919. The van der Waals surface area contributed by atoms with Gasteiger partial charge in [0.05, 0.1) is 12.9 Å². The fourth-order valence-corrected chi connectivity index (χ4v) is 2.26. The van der Waals surface area contributed by atoms with Crippen molar-refractivity contribution >= 4 is 5.91 Å². The molecule has 1 unspecified atom stereocenters. The van der Waals surface area contributed by atoms with Crippen LogP contribution in [0.2, 0.25) is 0 Å². The van der Waals surface area contributed by atoms with Crippen LogP contribution >= 0.6 is 0 Å². The third kappa shape index (κ3) is 3.94. The van der Waals surface area contributed by atoms with E-state index < -0.39 is 11.6 Å². The number of aromatic nitrogens is 1. The van der Waals surface area contributed by atoms with Crippen LogP contribution < -0.4 is 5.32 Å². The van der Waals surface area contributed by atoms with E-state index in [1.165, 1.54) is 18.2 Å².